The van der Waals surface area contributed by atoms with Gasteiger partial charge in [-0.05, 0) is 47.2 Å². The minimum Gasteiger partial charge on any atom is -0.352 e. The van der Waals surface area contributed by atoms with Crippen LogP contribution < -0.4 is 11.1 Å². The molecule has 3 aromatic carbocycles. The highest BCUT2D eigenvalue weighted by Crippen LogP contribution is 2.28. The van der Waals surface area contributed by atoms with Gasteiger partial charge in [0.2, 0.25) is 10.0 Å². The number of nitrogens with one attached hydrogen (secondary N) is 1. The molecule has 0 saturated carbocycles. The molecular weight excluding hydrogens is 447 g/mol. The van der Waals surface area contributed by atoms with E-state index in [9.17, 15) is 22.4 Å². The summed E-state index contributed by atoms with van der Waals surface area (Å²) in [6.45, 7) is 0.214. The molecule has 0 radical (unpaired) electrons. The SMILES string of the molecule is NCCNC(=O)C1N(C(=O)c2ccc(F)cc2)CCN1S(=O)(=O)c1ccc2ccccc2c1. The van der Waals surface area contributed by atoms with Crippen molar-refractivity contribution in [2.45, 2.75) is 11.1 Å². The summed E-state index contributed by atoms with van der Waals surface area (Å²) >= 11 is 0. The van der Waals surface area contributed by atoms with E-state index in [0.717, 1.165) is 27.2 Å². The van der Waals surface area contributed by atoms with E-state index in [1.807, 2.05) is 12.1 Å². The van der Waals surface area contributed by atoms with Crippen molar-refractivity contribution in [3.05, 3.63) is 78.1 Å². The number of sulfonamides is 1. The van der Waals surface area contributed by atoms with Gasteiger partial charge in [-0.15, -0.1) is 0 Å². The van der Waals surface area contributed by atoms with Crippen molar-refractivity contribution in [1.29, 1.82) is 0 Å². The Morgan fingerprint density at radius 2 is 1.70 bits per heavy atom. The summed E-state index contributed by atoms with van der Waals surface area (Å²) in [5.74, 6) is -1.73. The van der Waals surface area contributed by atoms with Crippen LogP contribution in [0.25, 0.3) is 10.8 Å². The van der Waals surface area contributed by atoms with Crippen LogP contribution in [-0.4, -0.2) is 61.8 Å². The van der Waals surface area contributed by atoms with Crippen LogP contribution in [0.1, 0.15) is 10.4 Å². The quantitative estimate of drug-likeness (QED) is 0.567. The summed E-state index contributed by atoms with van der Waals surface area (Å²) in [6, 6.07) is 16.9. The van der Waals surface area contributed by atoms with Gasteiger partial charge in [-0.25, -0.2) is 12.8 Å². The van der Waals surface area contributed by atoms with Gasteiger partial charge in [0.1, 0.15) is 5.82 Å². The zero-order valence-corrected chi connectivity index (χ0v) is 18.5. The van der Waals surface area contributed by atoms with E-state index in [1.54, 1.807) is 24.3 Å². The molecule has 0 spiro atoms. The normalized spacial score (nSPS) is 16.8. The molecule has 1 unspecified atom stereocenters. The van der Waals surface area contributed by atoms with Crippen molar-refractivity contribution in [2.24, 2.45) is 5.73 Å². The van der Waals surface area contributed by atoms with Crippen molar-refractivity contribution >= 4 is 32.6 Å². The molecule has 1 heterocycles. The number of halogens is 1. The number of fused-ring (bicyclic) bond motifs is 1. The van der Waals surface area contributed by atoms with Crippen LogP contribution in [-0.2, 0) is 14.8 Å². The van der Waals surface area contributed by atoms with Gasteiger partial charge in [-0.2, -0.15) is 4.31 Å². The van der Waals surface area contributed by atoms with Gasteiger partial charge in [0, 0.05) is 31.7 Å². The van der Waals surface area contributed by atoms with Crippen molar-refractivity contribution in [3.8, 4) is 0 Å². The molecule has 0 aromatic heterocycles. The van der Waals surface area contributed by atoms with Crippen molar-refractivity contribution in [1.82, 2.24) is 14.5 Å². The van der Waals surface area contributed by atoms with Crippen molar-refractivity contribution in [2.75, 3.05) is 26.2 Å². The Labute approximate surface area is 190 Å². The van der Waals surface area contributed by atoms with Gasteiger partial charge < -0.3 is 16.0 Å². The Hall–Kier alpha value is -3.34. The predicted octanol–water partition coefficient (Wildman–Crippen LogP) is 1.53. The van der Waals surface area contributed by atoms with E-state index in [0.29, 0.717) is 0 Å². The molecule has 3 aromatic rings. The lowest BCUT2D eigenvalue weighted by Crippen LogP contribution is -2.54. The first-order valence-corrected chi connectivity index (χ1v) is 11.8. The fourth-order valence-electron chi connectivity index (χ4n) is 3.85. The van der Waals surface area contributed by atoms with Gasteiger partial charge in [0.05, 0.1) is 4.90 Å². The van der Waals surface area contributed by atoms with Gasteiger partial charge >= 0.3 is 0 Å². The van der Waals surface area contributed by atoms with E-state index in [-0.39, 0.29) is 36.6 Å². The maximum atomic E-state index is 13.5. The predicted molar refractivity (Wildman–Crippen MR) is 121 cm³/mol. The van der Waals surface area contributed by atoms with Gasteiger partial charge in [0.15, 0.2) is 6.17 Å². The highest BCUT2D eigenvalue weighted by molar-refractivity contribution is 7.89. The molecule has 3 N–H and O–H groups in total. The number of hydrogen-bond acceptors (Lipinski definition) is 5. The summed E-state index contributed by atoms with van der Waals surface area (Å²) in [7, 11) is -4.12. The van der Waals surface area contributed by atoms with E-state index in [4.69, 9.17) is 5.73 Å². The molecule has 33 heavy (non-hydrogen) atoms. The highest BCUT2D eigenvalue weighted by Gasteiger charge is 2.46. The molecule has 2 amide bonds. The number of nitrogens with two attached hydrogens (primary N) is 1. The maximum Gasteiger partial charge on any atom is 0.259 e. The Morgan fingerprint density at radius 1 is 1.00 bits per heavy atom. The third kappa shape index (κ3) is 4.45. The minimum atomic E-state index is -4.12. The van der Waals surface area contributed by atoms with Crippen molar-refractivity contribution in [3.63, 3.8) is 0 Å². The van der Waals surface area contributed by atoms with E-state index >= 15 is 0 Å². The standard InChI is InChI=1S/C23H23FN4O4S/c24-19-8-5-17(6-9-19)23(30)27-13-14-28(22(27)21(29)26-12-11-25)33(31,32)20-10-7-16-3-1-2-4-18(16)15-20/h1-10,15,22H,11-14,25H2,(H,26,29). The molecule has 10 heteroatoms. The Morgan fingerprint density at radius 3 is 2.39 bits per heavy atom. The number of rotatable bonds is 6. The number of benzene rings is 3. The molecule has 8 nitrogen and oxygen atoms in total. The van der Waals surface area contributed by atoms with Crippen LogP contribution in [0, 0.1) is 5.82 Å². The molecule has 0 aliphatic carbocycles. The molecule has 1 atom stereocenters. The zero-order valence-electron chi connectivity index (χ0n) is 17.6. The number of carbonyl (C=O) groups excluding carboxylic acids is 2. The van der Waals surface area contributed by atoms with E-state index < -0.39 is 33.8 Å². The lowest BCUT2D eigenvalue weighted by molar-refractivity contribution is -0.127. The average Bonchev–Trinajstić information content (AvgIpc) is 3.28. The fourth-order valence-corrected chi connectivity index (χ4v) is 5.43. The lowest BCUT2D eigenvalue weighted by atomic mass is 10.1. The van der Waals surface area contributed by atoms with Gasteiger partial charge in [0.25, 0.3) is 11.8 Å². The third-order valence-electron chi connectivity index (χ3n) is 5.49. The second kappa shape index (κ2) is 9.26. The first-order chi connectivity index (χ1) is 15.8. The molecule has 1 aliphatic heterocycles. The van der Waals surface area contributed by atoms with Crippen LogP contribution in [0.4, 0.5) is 4.39 Å². The summed E-state index contributed by atoms with van der Waals surface area (Å²) in [6.07, 6.45) is -1.40. The first kappa shape index (κ1) is 22.8. The molecule has 4 rings (SSSR count). The molecular formula is C23H23FN4O4S. The number of carbonyl (C=O) groups is 2. The smallest absolute Gasteiger partial charge is 0.259 e. The largest absolute Gasteiger partial charge is 0.352 e. The van der Waals surface area contributed by atoms with E-state index in [2.05, 4.69) is 5.32 Å². The summed E-state index contributed by atoms with van der Waals surface area (Å²) in [4.78, 5) is 27.3. The lowest BCUT2D eigenvalue weighted by Gasteiger charge is -2.28. The van der Waals surface area contributed by atoms with Crippen molar-refractivity contribution < 1.29 is 22.4 Å². The Bertz CT molecular complexity index is 1300. The second-order valence-corrected chi connectivity index (χ2v) is 9.47. The molecule has 0 bridgehead atoms. The summed E-state index contributed by atoms with van der Waals surface area (Å²) < 4.78 is 41.4. The third-order valence-corrected chi connectivity index (χ3v) is 7.34. The first-order valence-electron chi connectivity index (χ1n) is 10.4. The minimum absolute atomic E-state index is 0.00370. The topological polar surface area (TPSA) is 113 Å². The van der Waals surface area contributed by atoms with Crippen LogP contribution in [0.3, 0.4) is 0 Å². The molecule has 1 fully saturated rings. The fraction of sp³-hybridized carbons (Fsp3) is 0.217. The monoisotopic (exact) mass is 470 g/mol. The van der Waals surface area contributed by atoms with Crippen LogP contribution in [0.5, 0.6) is 0 Å². The Kier molecular flexibility index (Phi) is 6.41. The second-order valence-electron chi connectivity index (χ2n) is 7.58. The van der Waals surface area contributed by atoms with Crippen LogP contribution >= 0.6 is 0 Å². The van der Waals surface area contributed by atoms with Crippen LogP contribution in [0.15, 0.2) is 71.6 Å². The van der Waals surface area contributed by atoms with Crippen LogP contribution in [0.2, 0.25) is 0 Å². The molecule has 1 aliphatic rings. The average molecular weight is 471 g/mol. The number of nitrogens with zero attached hydrogens (tertiary/aromatic N) is 2. The molecule has 172 valence electrons. The maximum absolute atomic E-state index is 13.5. The van der Waals surface area contributed by atoms with Gasteiger partial charge in [-0.1, -0.05) is 30.3 Å². The number of hydrogen-bond donors (Lipinski definition) is 2. The summed E-state index contributed by atoms with van der Waals surface area (Å²) in [5.41, 5.74) is 5.63. The zero-order chi connectivity index (χ0) is 23.6. The molecule has 1 saturated heterocycles. The summed E-state index contributed by atoms with van der Waals surface area (Å²) in [5, 5.41) is 4.19. The van der Waals surface area contributed by atoms with Gasteiger partial charge in [-0.3, -0.25) is 9.59 Å². The highest BCUT2D eigenvalue weighted by atomic mass is 32.2. The Balaban J connectivity index is 1.71. The number of amides is 2. The van der Waals surface area contributed by atoms with E-state index in [1.165, 1.54) is 23.1 Å².